The lowest BCUT2D eigenvalue weighted by Crippen LogP contribution is -2.36. The van der Waals surface area contributed by atoms with E-state index < -0.39 is 0 Å². The first kappa shape index (κ1) is 8.23. The highest BCUT2D eigenvalue weighted by Gasteiger charge is 2.02. The number of urea groups is 1. The van der Waals surface area contributed by atoms with Crippen molar-refractivity contribution in [3.63, 3.8) is 0 Å². The van der Waals surface area contributed by atoms with E-state index in [1.165, 1.54) is 12.0 Å². The lowest BCUT2D eigenvalue weighted by atomic mass is 10.6. The maximum absolute atomic E-state index is 10.7. The maximum atomic E-state index is 10.7. The molecule has 0 spiro atoms. The Hall–Kier alpha value is -0.770. The molecule has 0 fully saturated rings. The first-order valence-electron chi connectivity index (χ1n) is 2.76. The number of amides is 2. The van der Waals surface area contributed by atoms with Gasteiger partial charge in [0.25, 0.3) is 0 Å². The van der Waals surface area contributed by atoms with Gasteiger partial charge in [-0.1, -0.05) is 0 Å². The molecular weight excluding hydrogens is 120 g/mol. The first-order valence-corrected chi connectivity index (χ1v) is 2.76. The van der Waals surface area contributed by atoms with Gasteiger partial charge in [-0.25, -0.2) is 10.3 Å². The van der Waals surface area contributed by atoms with Gasteiger partial charge in [-0.05, 0) is 6.92 Å². The van der Waals surface area contributed by atoms with E-state index >= 15 is 0 Å². The minimum Gasteiger partial charge on any atom is -0.326 e. The van der Waals surface area contributed by atoms with Crippen molar-refractivity contribution in [2.45, 2.75) is 6.92 Å². The van der Waals surface area contributed by atoms with E-state index in [-0.39, 0.29) is 6.03 Å². The van der Waals surface area contributed by atoms with Crippen molar-refractivity contribution in [2.75, 3.05) is 20.7 Å². The fraction of sp³-hybridized carbons (Fsp3) is 0.800. The van der Waals surface area contributed by atoms with Crippen molar-refractivity contribution in [3.8, 4) is 0 Å². The molecule has 0 aromatic heterocycles. The predicted octanol–water partition coefficient (Wildman–Crippen LogP) is 0.209. The topological polar surface area (TPSA) is 41.6 Å². The molecule has 0 aliphatic carbocycles. The quantitative estimate of drug-likeness (QED) is 0.546. The Morgan fingerprint density at radius 1 is 1.78 bits per heavy atom. The average molecular weight is 132 g/mol. The maximum Gasteiger partial charge on any atom is 0.341 e. The summed E-state index contributed by atoms with van der Waals surface area (Å²) < 4.78 is 0. The number of nitrogens with zero attached hydrogens (tertiary/aromatic N) is 1. The molecule has 1 N–H and O–H groups in total. The highest BCUT2D eigenvalue weighted by molar-refractivity contribution is 5.72. The second-order valence-corrected chi connectivity index (χ2v) is 1.63. The van der Waals surface area contributed by atoms with Gasteiger partial charge in [-0.15, -0.1) is 0 Å². The number of hydroxylamine groups is 1. The van der Waals surface area contributed by atoms with Gasteiger partial charge in [-0.2, -0.15) is 0 Å². The molecule has 0 aliphatic heterocycles. The van der Waals surface area contributed by atoms with Crippen LogP contribution in [0.4, 0.5) is 4.79 Å². The molecular formula is C5H12N2O2. The zero-order valence-corrected chi connectivity index (χ0v) is 5.97. The number of carbonyl (C=O) groups excluding carboxylic acids is 1. The smallest absolute Gasteiger partial charge is 0.326 e. The summed E-state index contributed by atoms with van der Waals surface area (Å²) in [6, 6.07) is -0.222. The summed E-state index contributed by atoms with van der Waals surface area (Å²) in [6.45, 7) is 2.56. The molecule has 0 rings (SSSR count). The lowest BCUT2D eigenvalue weighted by molar-refractivity contribution is 0.0918. The van der Waals surface area contributed by atoms with Crippen LogP contribution in [0.1, 0.15) is 6.92 Å². The van der Waals surface area contributed by atoms with Gasteiger partial charge in [0.15, 0.2) is 0 Å². The molecule has 0 bridgehead atoms. The molecule has 54 valence electrons. The Bertz CT molecular complexity index is 95.0. The molecule has 4 heteroatoms. The van der Waals surface area contributed by atoms with E-state index in [0.717, 1.165) is 0 Å². The van der Waals surface area contributed by atoms with Gasteiger partial charge in [0.05, 0.1) is 7.11 Å². The van der Waals surface area contributed by atoms with E-state index in [1.54, 1.807) is 7.05 Å². The molecule has 0 heterocycles. The molecule has 2 amide bonds. The van der Waals surface area contributed by atoms with Crippen LogP contribution < -0.4 is 5.48 Å². The highest BCUT2D eigenvalue weighted by atomic mass is 16.6. The Morgan fingerprint density at radius 3 is 2.67 bits per heavy atom. The number of carbonyl (C=O) groups is 1. The normalized spacial score (nSPS) is 8.78. The number of hydrogen-bond donors (Lipinski definition) is 1. The summed E-state index contributed by atoms with van der Waals surface area (Å²) in [5, 5.41) is 0. The van der Waals surface area contributed by atoms with Crippen LogP contribution in [-0.4, -0.2) is 31.6 Å². The third kappa shape index (κ3) is 2.92. The monoisotopic (exact) mass is 132 g/mol. The van der Waals surface area contributed by atoms with Crippen molar-refractivity contribution in [2.24, 2.45) is 0 Å². The molecule has 0 atom stereocenters. The fourth-order valence-corrected chi connectivity index (χ4v) is 0.309. The SMILES string of the molecule is CCN(C)C(=O)NOC. The van der Waals surface area contributed by atoms with Crippen LogP contribution in [0.3, 0.4) is 0 Å². The highest BCUT2D eigenvalue weighted by Crippen LogP contribution is 1.80. The van der Waals surface area contributed by atoms with Crippen LogP contribution in [-0.2, 0) is 4.84 Å². The summed E-state index contributed by atoms with van der Waals surface area (Å²) in [6.07, 6.45) is 0. The number of nitrogens with one attached hydrogen (secondary N) is 1. The Kier molecular flexibility index (Phi) is 3.79. The van der Waals surface area contributed by atoms with Gasteiger partial charge in [-0.3, -0.25) is 4.84 Å². The van der Waals surface area contributed by atoms with E-state index in [9.17, 15) is 4.79 Å². The second-order valence-electron chi connectivity index (χ2n) is 1.63. The average Bonchev–Trinajstić information content (AvgIpc) is 1.87. The predicted molar refractivity (Wildman–Crippen MR) is 33.8 cm³/mol. The third-order valence-electron chi connectivity index (χ3n) is 1.01. The number of hydrogen-bond acceptors (Lipinski definition) is 2. The molecule has 0 saturated carbocycles. The molecule has 0 saturated heterocycles. The van der Waals surface area contributed by atoms with Crippen molar-refractivity contribution >= 4 is 6.03 Å². The molecule has 0 aromatic carbocycles. The minimum absolute atomic E-state index is 0.222. The third-order valence-corrected chi connectivity index (χ3v) is 1.01. The van der Waals surface area contributed by atoms with Gasteiger partial charge in [0.1, 0.15) is 0 Å². The molecule has 0 aromatic rings. The van der Waals surface area contributed by atoms with Crippen LogP contribution in [0.2, 0.25) is 0 Å². The van der Waals surface area contributed by atoms with Crippen molar-refractivity contribution < 1.29 is 9.63 Å². The van der Waals surface area contributed by atoms with Gasteiger partial charge in [0, 0.05) is 13.6 Å². The first-order chi connectivity index (χ1) is 4.22. The largest absolute Gasteiger partial charge is 0.341 e. The van der Waals surface area contributed by atoms with Crippen molar-refractivity contribution in [1.82, 2.24) is 10.4 Å². The zero-order valence-electron chi connectivity index (χ0n) is 5.97. The Labute approximate surface area is 54.7 Å². The molecule has 0 aliphatic rings. The summed E-state index contributed by atoms with van der Waals surface area (Å²) in [5.74, 6) is 0. The molecule has 4 nitrogen and oxygen atoms in total. The summed E-state index contributed by atoms with van der Waals surface area (Å²) in [7, 11) is 3.09. The van der Waals surface area contributed by atoms with Crippen LogP contribution in [0.15, 0.2) is 0 Å². The Balaban J connectivity index is 3.46. The van der Waals surface area contributed by atoms with Crippen LogP contribution in [0.25, 0.3) is 0 Å². The minimum atomic E-state index is -0.222. The van der Waals surface area contributed by atoms with E-state index in [1.807, 2.05) is 6.92 Å². The van der Waals surface area contributed by atoms with Gasteiger partial charge < -0.3 is 4.90 Å². The van der Waals surface area contributed by atoms with E-state index in [2.05, 4.69) is 10.3 Å². The van der Waals surface area contributed by atoms with E-state index in [4.69, 9.17) is 0 Å². The zero-order chi connectivity index (χ0) is 7.28. The molecule has 9 heavy (non-hydrogen) atoms. The van der Waals surface area contributed by atoms with Gasteiger partial charge in [0.2, 0.25) is 0 Å². The fourth-order valence-electron chi connectivity index (χ4n) is 0.309. The van der Waals surface area contributed by atoms with Crippen LogP contribution in [0, 0.1) is 0 Å². The van der Waals surface area contributed by atoms with Crippen LogP contribution >= 0.6 is 0 Å². The Morgan fingerprint density at radius 2 is 2.33 bits per heavy atom. The standard InChI is InChI=1S/C5H12N2O2/c1-4-7(2)5(8)6-9-3/h4H2,1-3H3,(H,6,8). The second kappa shape index (κ2) is 4.14. The van der Waals surface area contributed by atoms with Crippen molar-refractivity contribution in [1.29, 1.82) is 0 Å². The van der Waals surface area contributed by atoms with Crippen molar-refractivity contribution in [3.05, 3.63) is 0 Å². The summed E-state index contributed by atoms with van der Waals surface area (Å²) in [5.41, 5.74) is 2.18. The van der Waals surface area contributed by atoms with Crippen LogP contribution in [0.5, 0.6) is 0 Å². The van der Waals surface area contributed by atoms with Gasteiger partial charge >= 0.3 is 6.03 Å². The number of rotatable bonds is 2. The molecule has 0 unspecified atom stereocenters. The molecule has 0 radical (unpaired) electrons. The summed E-state index contributed by atoms with van der Waals surface area (Å²) in [4.78, 5) is 16.6. The lowest BCUT2D eigenvalue weighted by Gasteiger charge is -2.13. The summed E-state index contributed by atoms with van der Waals surface area (Å²) >= 11 is 0. The van der Waals surface area contributed by atoms with E-state index in [0.29, 0.717) is 6.54 Å².